The van der Waals surface area contributed by atoms with E-state index in [2.05, 4.69) is 24.6 Å². The maximum Gasteiger partial charge on any atom is 0.387 e. The van der Waals surface area contributed by atoms with Crippen LogP contribution in [-0.4, -0.2) is 27.1 Å². The van der Waals surface area contributed by atoms with Crippen LogP contribution < -0.4 is 15.8 Å². The Labute approximate surface area is 188 Å². The predicted octanol–water partition coefficient (Wildman–Crippen LogP) is 4.27. The highest BCUT2D eigenvalue weighted by Gasteiger charge is 2.25. The second-order valence-electron chi connectivity index (χ2n) is 7.87. The first-order valence-electron chi connectivity index (χ1n) is 10.6. The Morgan fingerprint density at radius 3 is 2.76 bits per heavy atom. The van der Waals surface area contributed by atoms with Crippen molar-refractivity contribution >= 4 is 28.4 Å². The second kappa shape index (κ2) is 8.50. The SMILES string of the molecule is Nc1ncnc2c3c(n(-c4ccc(NC(=O)Cc5cccc(OC(F)F)c5)cc4)c12)CCC3. The van der Waals surface area contributed by atoms with Gasteiger partial charge in [-0.3, -0.25) is 4.79 Å². The minimum absolute atomic E-state index is 0.0226. The largest absolute Gasteiger partial charge is 0.435 e. The predicted molar refractivity (Wildman–Crippen MR) is 121 cm³/mol. The molecule has 2 aromatic carbocycles. The number of nitrogen functional groups attached to an aromatic ring is 1. The van der Waals surface area contributed by atoms with Crippen LogP contribution in [0.15, 0.2) is 54.9 Å². The van der Waals surface area contributed by atoms with Crippen LogP contribution >= 0.6 is 0 Å². The molecule has 0 bridgehead atoms. The van der Waals surface area contributed by atoms with E-state index in [9.17, 15) is 13.6 Å². The number of nitrogens with one attached hydrogen (secondary N) is 1. The molecule has 0 spiro atoms. The van der Waals surface area contributed by atoms with Crippen molar-refractivity contribution in [3.8, 4) is 11.4 Å². The van der Waals surface area contributed by atoms with Gasteiger partial charge in [0.1, 0.15) is 17.6 Å². The molecule has 0 aliphatic heterocycles. The van der Waals surface area contributed by atoms with Gasteiger partial charge in [0.25, 0.3) is 0 Å². The van der Waals surface area contributed by atoms with Crippen molar-refractivity contribution in [3.05, 3.63) is 71.7 Å². The van der Waals surface area contributed by atoms with E-state index in [1.54, 1.807) is 12.1 Å². The Kier molecular flexibility index (Phi) is 5.37. The molecule has 2 heterocycles. The number of anilines is 2. The molecule has 9 heteroatoms. The summed E-state index contributed by atoms with van der Waals surface area (Å²) in [6.45, 7) is -2.91. The number of halogens is 2. The molecule has 0 radical (unpaired) electrons. The lowest BCUT2D eigenvalue weighted by Gasteiger charge is -2.12. The topological polar surface area (TPSA) is 95.1 Å². The van der Waals surface area contributed by atoms with Crippen LogP contribution in [0.1, 0.15) is 23.2 Å². The number of aryl methyl sites for hydroxylation is 1. The average molecular weight is 449 g/mol. The molecule has 2 aromatic heterocycles. The monoisotopic (exact) mass is 449 g/mol. The zero-order chi connectivity index (χ0) is 22.9. The van der Waals surface area contributed by atoms with Gasteiger partial charge in [-0.15, -0.1) is 0 Å². The van der Waals surface area contributed by atoms with Gasteiger partial charge in [-0.25, -0.2) is 9.97 Å². The number of aromatic nitrogens is 3. The molecule has 0 unspecified atom stereocenters. The van der Waals surface area contributed by atoms with Crippen LogP contribution in [0.25, 0.3) is 16.7 Å². The number of amides is 1. The van der Waals surface area contributed by atoms with Gasteiger partial charge in [-0.05, 0) is 66.8 Å². The molecule has 33 heavy (non-hydrogen) atoms. The minimum atomic E-state index is -2.91. The number of nitrogens with two attached hydrogens (primary N) is 1. The maximum absolute atomic E-state index is 12.5. The highest BCUT2D eigenvalue weighted by Crippen LogP contribution is 2.36. The third-order valence-corrected chi connectivity index (χ3v) is 5.72. The van der Waals surface area contributed by atoms with Crippen molar-refractivity contribution in [3.63, 3.8) is 0 Å². The highest BCUT2D eigenvalue weighted by atomic mass is 19.3. The molecule has 7 nitrogen and oxygen atoms in total. The smallest absolute Gasteiger partial charge is 0.387 e. The van der Waals surface area contributed by atoms with Gasteiger partial charge in [-0.2, -0.15) is 8.78 Å². The molecule has 1 aliphatic rings. The Bertz CT molecular complexity index is 1330. The van der Waals surface area contributed by atoms with Crippen molar-refractivity contribution in [1.82, 2.24) is 14.5 Å². The number of benzene rings is 2. The van der Waals surface area contributed by atoms with E-state index >= 15 is 0 Å². The molecular weight excluding hydrogens is 428 g/mol. The van der Waals surface area contributed by atoms with E-state index in [1.165, 1.54) is 29.7 Å². The van der Waals surface area contributed by atoms with Crippen molar-refractivity contribution in [2.75, 3.05) is 11.1 Å². The lowest BCUT2D eigenvalue weighted by atomic mass is 10.1. The van der Waals surface area contributed by atoms with Crippen LogP contribution in [0.4, 0.5) is 20.3 Å². The molecule has 4 aromatic rings. The van der Waals surface area contributed by atoms with Crippen molar-refractivity contribution in [1.29, 1.82) is 0 Å². The summed E-state index contributed by atoms with van der Waals surface area (Å²) in [4.78, 5) is 21.1. The number of rotatable bonds is 6. The Hall–Kier alpha value is -4.01. The third kappa shape index (κ3) is 4.09. The van der Waals surface area contributed by atoms with Crippen LogP contribution in [0.2, 0.25) is 0 Å². The van der Waals surface area contributed by atoms with Crippen molar-refractivity contribution in [2.24, 2.45) is 0 Å². The number of ether oxygens (including phenoxy) is 1. The van der Waals surface area contributed by atoms with Gasteiger partial charge >= 0.3 is 6.61 Å². The molecule has 3 N–H and O–H groups in total. The molecule has 1 amide bonds. The molecule has 0 fully saturated rings. The van der Waals surface area contributed by atoms with E-state index < -0.39 is 6.61 Å². The second-order valence-corrected chi connectivity index (χ2v) is 7.87. The van der Waals surface area contributed by atoms with E-state index in [4.69, 9.17) is 5.73 Å². The van der Waals surface area contributed by atoms with E-state index in [0.29, 0.717) is 17.1 Å². The standard InChI is InChI=1S/C24H21F2N5O2/c25-24(26)33-17-4-1-3-14(11-17)12-20(32)30-15-7-9-16(10-8-15)31-19-6-2-5-18(19)21-22(31)23(27)29-13-28-21/h1,3-4,7-11,13,24H,2,5-6,12H2,(H,30,32)(H2,27,28,29). The van der Waals surface area contributed by atoms with E-state index in [1.807, 2.05) is 24.3 Å². The van der Waals surface area contributed by atoms with Crippen LogP contribution in [-0.2, 0) is 24.1 Å². The van der Waals surface area contributed by atoms with E-state index in [-0.39, 0.29) is 18.1 Å². The summed E-state index contributed by atoms with van der Waals surface area (Å²) >= 11 is 0. The first-order valence-corrected chi connectivity index (χ1v) is 10.6. The average Bonchev–Trinajstić information content (AvgIpc) is 3.36. The highest BCUT2D eigenvalue weighted by molar-refractivity contribution is 5.93. The summed E-state index contributed by atoms with van der Waals surface area (Å²) in [7, 11) is 0. The number of carbonyl (C=O) groups excluding carboxylic acids is 1. The molecule has 168 valence electrons. The fraction of sp³-hybridized carbons (Fsp3) is 0.208. The zero-order valence-corrected chi connectivity index (χ0v) is 17.6. The molecule has 0 saturated carbocycles. The van der Waals surface area contributed by atoms with Gasteiger partial charge in [0.2, 0.25) is 5.91 Å². The lowest BCUT2D eigenvalue weighted by Crippen LogP contribution is -2.14. The molecule has 1 aliphatic carbocycles. The number of carbonyl (C=O) groups is 1. The number of fused-ring (bicyclic) bond motifs is 3. The van der Waals surface area contributed by atoms with Gasteiger partial charge in [0.15, 0.2) is 5.82 Å². The fourth-order valence-corrected chi connectivity index (χ4v) is 4.40. The summed E-state index contributed by atoms with van der Waals surface area (Å²) in [6.07, 6.45) is 4.51. The lowest BCUT2D eigenvalue weighted by molar-refractivity contribution is -0.115. The fourth-order valence-electron chi connectivity index (χ4n) is 4.40. The van der Waals surface area contributed by atoms with Gasteiger partial charge < -0.3 is 20.4 Å². The summed E-state index contributed by atoms with van der Waals surface area (Å²) in [6, 6.07) is 13.6. The third-order valence-electron chi connectivity index (χ3n) is 5.72. The summed E-state index contributed by atoms with van der Waals surface area (Å²) < 4.78 is 31.3. The minimum Gasteiger partial charge on any atom is -0.435 e. The Morgan fingerprint density at radius 2 is 1.97 bits per heavy atom. The number of hydrogen-bond donors (Lipinski definition) is 2. The number of nitrogens with zero attached hydrogens (tertiary/aromatic N) is 3. The maximum atomic E-state index is 12.5. The van der Waals surface area contributed by atoms with Crippen LogP contribution in [0, 0.1) is 0 Å². The van der Waals surface area contributed by atoms with Gasteiger partial charge in [0, 0.05) is 17.1 Å². The Morgan fingerprint density at radius 1 is 1.15 bits per heavy atom. The number of hydrogen-bond acceptors (Lipinski definition) is 5. The molecular formula is C24H21F2N5O2. The molecule has 5 rings (SSSR count). The van der Waals surface area contributed by atoms with E-state index in [0.717, 1.165) is 36.0 Å². The Balaban J connectivity index is 1.35. The first-order chi connectivity index (χ1) is 16.0. The first kappa shape index (κ1) is 20.9. The zero-order valence-electron chi connectivity index (χ0n) is 17.6. The van der Waals surface area contributed by atoms with Crippen molar-refractivity contribution < 1.29 is 18.3 Å². The normalized spacial score (nSPS) is 12.8. The van der Waals surface area contributed by atoms with Gasteiger partial charge in [-0.1, -0.05) is 12.1 Å². The molecule has 0 atom stereocenters. The molecule has 0 saturated heterocycles. The van der Waals surface area contributed by atoms with Gasteiger partial charge in [0.05, 0.1) is 11.9 Å². The number of alkyl halides is 2. The summed E-state index contributed by atoms with van der Waals surface area (Å²) in [5.41, 5.74) is 12.4. The quantitative estimate of drug-likeness (QED) is 0.458. The summed E-state index contributed by atoms with van der Waals surface area (Å²) in [5, 5.41) is 2.84. The van der Waals surface area contributed by atoms with Crippen molar-refractivity contribution in [2.45, 2.75) is 32.3 Å². The van der Waals surface area contributed by atoms with Crippen LogP contribution in [0.3, 0.4) is 0 Å². The van der Waals surface area contributed by atoms with Crippen LogP contribution in [0.5, 0.6) is 5.75 Å². The summed E-state index contributed by atoms with van der Waals surface area (Å²) in [5.74, 6) is 0.195.